The fourth-order valence-corrected chi connectivity index (χ4v) is 2.08. The van der Waals surface area contributed by atoms with E-state index in [1.165, 1.54) is 0 Å². The van der Waals surface area contributed by atoms with E-state index in [0.29, 0.717) is 11.4 Å². The van der Waals surface area contributed by atoms with Crippen molar-refractivity contribution < 1.29 is 24.8 Å². The Bertz CT molecular complexity index is 745. The van der Waals surface area contributed by atoms with Crippen LogP contribution in [0.4, 0.5) is 0 Å². The Hall–Kier alpha value is -1.64. The van der Waals surface area contributed by atoms with Crippen LogP contribution >= 0.6 is 0 Å². The van der Waals surface area contributed by atoms with Gasteiger partial charge in [0.15, 0.2) is 0 Å². The number of hydrogen-bond acceptors (Lipinski definition) is 2. The van der Waals surface area contributed by atoms with Gasteiger partial charge in [-0.15, -0.1) is 23.8 Å². The van der Waals surface area contributed by atoms with Crippen LogP contribution in [0.2, 0.25) is 0 Å². The minimum Gasteiger partial charge on any atom is -0.581 e. The average Bonchev–Trinajstić information content (AvgIpc) is 2.46. The molecule has 0 amide bonds. The molecule has 1 aromatic heterocycles. The number of hydrogen-bond donors (Lipinski definition) is 0. The van der Waals surface area contributed by atoms with Gasteiger partial charge in [0, 0.05) is 38.5 Å². The van der Waals surface area contributed by atoms with E-state index in [0.717, 1.165) is 22.0 Å². The van der Waals surface area contributed by atoms with Gasteiger partial charge in [-0.05, 0) is 22.5 Å². The van der Waals surface area contributed by atoms with E-state index in [-0.39, 0.29) is 20.1 Å². The van der Waals surface area contributed by atoms with Crippen LogP contribution in [-0.4, -0.2) is 13.0 Å². The van der Waals surface area contributed by atoms with Crippen molar-refractivity contribution in [2.24, 2.45) is 0 Å². The minimum atomic E-state index is 0. The molecule has 0 saturated heterocycles. The predicted molar refractivity (Wildman–Crippen MR) is 75.8 cm³/mol. The Labute approximate surface area is 133 Å². The number of aromatic nitrogens is 1. The minimum absolute atomic E-state index is 0. The van der Waals surface area contributed by atoms with E-state index in [4.69, 9.17) is 19.6 Å². The number of pyridine rings is 1. The Balaban J connectivity index is 0.00000147. The van der Waals surface area contributed by atoms with Gasteiger partial charge in [-0.3, -0.25) is 0 Å². The third-order valence-electron chi connectivity index (χ3n) is 2.91. The van der Waals surface area contributed by atoms with Crippen LogP contribution in [0.5, 0.6) is 5.75 Å². The molecule has 1 heterocycles. The van der Waals surface area contributed by atoms with Crippen LogP contribution < -0.4 is 4.65 Å². The molecule has 0 aliphatic carbocycles. The third kappa shape index (κ3) is 2.77. The zero-order valence-corrected chi connectivity index (χ0v) is 12.9. The van der Waals surface area contributed by atoms with Crippen molar-refractivity contribution in [2.45, 2.75) is 0 Å². The van der Waals surface area contributed by atoms with E-state index >= 15 is 0 Å². The molecule has 0 aliphatic rings. The molecule has 0 spiro atoms. The Morgan fingerprint density at radius 2 is 1.90 bits per heavy atom. The van der Waals surface area contributed by atoms with Crippen molar-refractivity contribution in [1.82, 2.24) is 4.98 Å². The van der Waals surface area contributed by atoms with Gasteiger partial charge in [-0.2, -0.15) is 0 Å². The first-order valence-electron chi connectivity index (χ1n) is 5.82. The van der Waals surface area contributed by atoms with E-state index in [1.807, 2.05) is 42.5 Å². The Morgan fingerprint density at radius 3 is 2.70 bits per heavy atom. The molecule has 0 bridgehead atoms. The number of nitrogens with zero attached hydrogens (tertiary/aromatic N) is 1. The van der Waals surface area contributed by atoms with Crippen molar-refractivity contribution >= 4 is 18.8 Å². The Morgan fingerprint density at radius 1 is 1.10 bits per heavy atom. The molecular formula is C16H9BIrNO-. The first kappa shape index (κ1) is 14.8. The summed E-state index contributed by atoms with van der Waals surface area (Å²) in [6, 6.07) is 18.3. The SMILES string of the molecule is [B]Oc1[c-]c(-c2nc([CH])cc3ccccc23)ccc1.[Ir]. The summed E-state index contributed by atoms with van der Waals surface area (Å²) in [6.07, 6.45) is 0. The molecule has 4 heteroatoms. The second-order valence-electron chi connectivity index (χ2n) is 4.16. The molecule has 2 nitrogen and oxygen atoms in total. The van der Waals surface area contributed by atoms with Gasteiger partial charge in [0.25, 0.3) is 0 Å². The second kappa shape index (κ2) is 6.21. The second-order valence-corrected chi connectivity index (χ2v) is 4.16. The fourth-order valence-electron chi connectivity index (χ4n) is 2.08. The third-order valence-corrected chi connectivity index (χ3v) is 2.91. The molecular weight excluding hydrogens is 425 g/mol. The summed E-state index contributed by atoms with van der Waals surface area (Å²) < 4.78 is 4.70. The number of rotatable bonds is 2. The molecule has 3 rings (SSSR count). The summed E-state index contributed by atoms with van der Waals surface area (Å²) in [7, 11) is 5.16. The van der Waals surface area contributed by atoms with Crippen LogP contribution in [0.15, 0.2) is 48.5 Å². The van der Waals surface area contributed by atoms with Crippen LogP contribution in [0.25, 0.3) is 22.0 Å². The predicted octanol–water partition coefficient (Wildman–Crippen LogP) is 3.22. The van der Waals surface area contributed by atoms with E-state index in [9.17, 15) is 0 Å². The van der Waals surface area contributed by atoms with Crippen molar-refractivity contribution in [1.29, 1.82) is 0 Å². The van der Waals surface area contributed by atoms with Crippen LogP contribution in [0.3, 0.4) is 0 Å². The monoisotopic (exact) mass is 435 g/mol. The summed E-state index contributed by atoms with van der Waals surface area (Å²) in [5.74, 6) is 0.464. The number of benzene rings is 2. The molecule has 3 aromatic rings. The maximum atomic E-state index is 5.85. The van der Waals surface area contributed by atoms with Crippen molar-refractivity contribution in [3.63, 3.8) is 0 Å². The van der Waals surface area contributed by atoms with Crippen molar-refractivity contribution in [2.75, 3.05) is 0 Å². The molecule has 0 aliphatic heterocycles. The molecule has 0 N–H and O–H groups in total. The summed E-state index contributed by atoms with van der Waals surface area (Å²) in [6.45, 7) is 5.85. The molecule has 2 aromatic carbocycles. The van der Waals surface area contributed by atoms with Gasteiger partial charge in [0.05, 0.1) is 0 Å². The molecule has 0 atom stereocenters. The maximum absolute atomic E-state index is 5.85. The molecule has 0 fully saturated rings. The largest absolute Gasteiger partial charge is 0.581 e. The van der Waals surface area contributed by atoms with Gasteiger partial charge < -0.3 is 9.64 Å². The zero-order chi connectivity index (χ0) is 13.2. The van der Waals surface area contributed by atoms with Crippen LogP contribution in [0, 0.1) is 13.0 Å². The topological polar surface area (TPSA) is 22.1 Å². The van der Waals surface area contributed by atoms with Gasteiger partial charge in [-0.1, -0.05) is 30.3 Å². The van der Waals surface area contributed by atoms with Gasteiger partial charge in [-0.25, -0.2) is 0 Å². The normalized spacial score (nSPS) is 10.1. The summed E-state index contributed by atoms with van der Waals surface area (Å²) in [5, 5.41) is 2.06. The quantitative estimate of drug-likeness (QED) is 0.457. The standard InChI is InChI=1S/C16H9BNO.Ir/c1-11-9-12-5-2-3-8-15(12)16(18-11)13-6-4-7-14(10-13)19-17;/h1-9H;/q-1;. The Kier molecular flexibility index (Phi) is 4.58. The number of fused-ring (bicyclic) bond motifs is 1. The van der Waals surface area contributed by atoms with Gasteiger partial charge in [0.2, 0.25) is 0 Å². The fraction of sp³-hybridized carbons (Fsp3) is 0. The van der Waals surface area contributed by atoms with Crippen molar-refractivity contribution in [3.8, 4) is 17.0 Å². The van der Waals surface area contributed by atoms with Gasteiger partial charge >= 0.3 is 8.05 Å². The van der Waals surface area contributed by atoms with E-state index < -0.39 is 0 Å². The average molecular weight is 434 g/mol. The molecule has 97 valence electrons. The van der Waals surface area contributed by atoms with E-state index in [1.54, 1.807) is 6.07 Å². The maximum Gasteiger partial charge on any atom is 0.371 e. The first-order valence-corrected chi connectivity index (χ1v) is 5.82. The van der Waals surface area contributed by atoms with Crippen LogP contribution in [0.1, 0.15) is 5.69 Å². The smallest absolute Gasteiger partial charge is 0.371 e. The van der Waals surface area contributed by atoms with Crippen LogP contribution in [-0.2, 0) is 20.1 Å². The van der Waals surface area contributed by atoms with E-state index in [2.05, 4.69) is 11.1 Å². The van der Waals surface area contributed by atoms with Crippen molar-refractivity contribution in [3.05, 3.63) is 67.2 Å². The zero-order valence-electron chi connectivity index (χ0n) is 10.5. The summed E-state index contributed by atoms with van der Waals surface area (Å²) in [4.78, 5) is 4.40. The molecule has 0 saturated carbocycles. The summed E-state index contributed by atoms with van der Waals surface area (Å²) in [5.41, 5.74) is 2.04. The van der Waals surface area contributed by atoms with Gasteiger partial charge in [0.1, 0.15) is 0 Å². The molecule has 0 unspecified atom stereocenters. The summed E-state index contributed by atoms with van der Waals surface area (Å²) >= 11 is 0. The molecule has 20 heavy (non-hydrogen) atoms. The molecule has 5 radical (unpaired) electrons. The first-order chi connectivity index (χ1) is 9.28.